The van der Waals surface area contributed by atoms with Crippen molar-refractivity contribution in [3.8, 4) is 0 Å². The molecule has 1 aliphatic heterocycles. The highest BCUT2D eigenvalue weighted by Crippen LogP contribution is 2.31. The van der Waals surface area contributed by atoms with Crippen LogP contribution >= 0.6 is 0 Å². The van der Waals surface area contributed by atoms with E-state index in [4.69, 9.17) is 4.74 Å². The van der Waals surface area contributed by atoms with Crippen LogP contribution in [0.5, 0.6) is 0 Å². The van der Waals surface area contributed by atoms with Crippen LogP contribution in [0.1, 0.15) is 37.0 Å². The molecule has 0 bridgehead atoms. The zero-order valence-electron chi connectivity index (χ0n) is 11.4. The Kier molecular flexibility index (Phi) is 4.56. The Hall–Kier alpha value is -1.12. The third kappa shape index (κ3) is 2.82. The number of rotatable bonds is 5. The van der Waals surface area contributed by atoms with Gasteiger partial charge < -0.3 is 10.1 Å². The van der Waals surface area contributed by atoms with Crippen LogP contribution in [0.25, 0.3) is 0 Å². The first-order chi connectivity index (χ1) is 8.76. The van der Waals surface area contributed by atoms with Gasteiger partial charge in [0, 0.05) is 6.04 Å². The van der Waals surface area contributed by atoms with Gasteiger partial charge >= 0.3 is 0 Å². The minimum Gasteiger partial charge on any atom is -0.372 e. The van der Waals surface area contributed by atoms with E-state index in [1.807, 2.05) is 7.05 Å². The van der Waals surface area contributed by atoms with Crippen LogP contribution < -0.4 is 5.32 Å². The van der Waals surface area contributed by atoms with E-state index in [9.17, 15) is 0 Å². The molecule has 0 spiro atoms. The van der Waals surface area contributed by atoms with Gasteiger partial charge in [-0.05, 0) is 37.4 Å². The Bertz CT molecular complexity index is 413. The molecule has 2 heteroatoms. The molecule has 1 aliphatic rings. The van der Waals surface area contributed by atoms with Crippen molar-refractivity contribution in [2.75, 3.05) is 13.7 Å². The maximum absolute atomic E-state index is 6.00. The maximum Gasteiger partial charge on any atom is 0.0983 e. The molecule has 0 saturated heterocycles. The van der Waals surface area contributed by atoms with Gasteiger partial charge in [0.25, 0.3) is 0 Å². The Morgan fingerprint density at radius 2 is 2.28 bits per heavy atom. The number of likely N-dealkylation sites (N-methyl/N-ethyl adjacent to an activating group) is 1. The quantitative estimate of drug-likeness (QED) is 0.804. The number of nitrogens with one attached hydrogen (secondary N) is 1. The number of hydrogen-bond acceptors (Lipinski definition) is 2. The first kappa shape index (κ1) is 13.3. The number of benzene rings is 1. The number of hydrogen-bond donors (Lipinski definition) is 1. The fraction of sp³-hybridized carbons (Fsp3) is 0.500. The van der Waals surface area contributed by atoms with Gasteiger partial charge in [0.2, 0.25) is 0 Å². The van der Waals surface area contributed by atoms with Crippen LogP contribution in [0.4, 0.5) is 0 Å². The average molecular weight is 245 g/mol. The van der Waals surface area contributed by atoms with Gasteiger partial charge in [-0.25, -0.2) is 0 Å². The minimum absolute atomic E-state index is 0.156. The van der Waals surface area contributed by atoms with Crippen LogP contribution in [0.2, 0.25) is 0 Å². The SMILES string of the molecule is C=C(CC)CC(NC)C1OCCc2ccccc21. The molecule has 2 nitrogen and oxygen atoms in total. The molecule has 1 aromatic rings. The fourth-order valence-corrected chi connectivity index (χ4v) is 2.57. The molecule has 2 rings (SSSR count). The highest BCUT2D eigenvalue weighted by Gasteiger charge is 2.27. The summed E-state index contributed by atoms with van der Waals surface area (Å²) in [4.78, 5) is 0. The van der Waals surface area contributed by atoms with E-state index < -0.39 is 0 Å². The van der Waals surface area contributed by atoms with Crippen LogP contribution in [-0.2, 0) is 11.2 Å². The second-order valence-corrected chi connectivity index (χ2v) is 4.94. The molecule has 1 heterocycles. The Morgan fingerprint density at radius 1 is 1.50 bits per heavy atom. The predicted molar refractivity (Wildman–Crippen MR) is 75.7 cm³/mol. The lowest BCUT2D eigenvalue weighted by Crippen LogP contribution is -2.36. The van der Waals surface area contributed by atoms with Gasteiger partial charge in [0.15, 0.2) is 0 Å². The summed E-state index contributed by atoms with van der Waals surface area (Å²) < 4.78 is 6.00. The lowest BCUT2D eigenvalue weighted by molar-refractivity contribution is 0.0171. The Morgan fingerprint density at radius 3 is 3.00 bits per heavy atom. The molecule has 1 aromatic carbocycles. The van der Waals surface area contributed by atoms with Gasteiger partial charge in [-0.2, -0.15) is 0 Å². The van der Waals surface area contributed by atoms with Gasteiger partial charge in [0.05, 0.1) is 12.7 Å². The summed E-state index contributed by atoms with van der Waals surface area (Å²) in [5, 5.41) is 3.39. The molecular formula is C16H23NO. The molecule has 0 aliphatic carbocycles. The molecule has 2 atom stereocenters. The monoisotopic (exact) mass is 245 g/mol. The van der Waals surface area contributed by atoms with Gasteiger partial charge in [0.1, 0.15) is 0 Å². The van der Waals surface area contributed by atoms with E-state index in [0.29, 0.717) is 6.04 Å². The van der Waals surface area contributed by atoms with Crippen molar-refractivity contribution < 1.29 is 4.74 Å². The van der Waals surface area contributed by atoms with Crippen molar-refractivity contribution in [3.63, 3.8) is 0 Å². The zero-order chi connectivity index (χ0) is 13.0. The highest BCUT2D eigenvalue weighted by molar-refractivity contribution is 5.32. The van der Waals surface area contributed by atoms with E-state index in [-0.39, 0.29) is 6.10 Å². The number of ether oxygens (including phenoxy) is 1. The van der Waals surface area contributed by atoms with E-state index in [1.54, 1.807) is 0 Å². The van der Waals surface area contributed by atoms with Crippen LogP contribution in [-0.4, -0.2) is 19.7 Å². The first-order valence-electron chi connectivity index (χ1n) is 6.79. The molecule has 0 aromatic heterocycles. The minimum atomic E-state index is 0.156. The highest BCUT2D eigenvalue weighted by atomic mass is 16.5. The second-order valence-electron chi connectivity index (χ2n) is 4.94. The molecule has 0 amide bonds. The van der Waals surface area contributed by atoms with Crippen molar-refractivity contribution >= 4 is 0 Å². The van der Waals surface area contributed by atoms with Crippen LogP contribution in [0.3, 0.4) is 0 Å². The summed E-state index contributed by atoms with van der Waals surface area (Å²) in [5.74, 6) is 0. The lowest BCUT2D eigenvalue weighted by atomic mass is 9.90. The van der Waals surface area contributed by atoms with Crippen molar-refractivity contribution in [2.45, 2.75) is 38.3 Å². The summed E-state index contributed by atoms with van der Waals surface area (Å²) in [5.41, 5.74) is 4.05. The smallest absolute Gasteiger partial charge is 0.0983 e. The zero-order valence-corrected chi connectivity index (χ0v) is 11.4. The largest absolute Gasteiger partial charge is 0.372 e. The molecular weight excluding hydrogens is 222 g/mol. The molecule has 2 unspecified atom stereocenters. The summed E-state index contributed by atoms with van der Waals surface area (Å²) in [7, 11) is 2.01. The fourth-order valence-electron chi connectivity index (χ4n) is 2.57. The first-order valence-corrected chi connectivity index (χ1v) is 6.79. The van der Waals surface area contributed by atoms with Gasteiger partial charge in [-0.1, -0.05) is 43.3 Å². The third-order valence-electron chi connectivity index (χ3n) is 3.78. The average Bonchev–Trinajstić information content (AvgIpc) is 2.44. The normalized spacial score (nSPS) is 20.2. The van der Waals surface area contributed by atoms with E-state index in [0.717, 1.165) is 25.9 Å². The third-order valence-corrected chi connectivity index (χ3v) is 3.78. The summed E-state index contributed by atoms with van der Waals surface area (Å²) in [6.45, 7) is 7.09. The Balaban J connectivity index is 2.19. The molecule has 0 radical (unpaired) electrons. The van der Waals surface area contributed by atoms with Crippen LogP contribution in [0, 0.1) is 0 Å². The van der Waals surface area contributed by atoms with E-state index >= 15 is 0 Å². The lowest BCUT2D eigenvalue weighted by Gasteiger charge is -2.32. The molecule has 98 valence electrons. The molecule has 0 saturated carbocycles. The Labute approximate surface area is 110 Å². The van der Waals surface area contributed by atoms with Crippen LogP contribution in [0.15, 0.2) is 36.4 Å². The second kappa shape index (κ2) is 6.17. The van der Waals surface area contributed by atoms with E-state index in [1.165, 1.54) is 16.7 Å². The standard InChI is InChI=1S/C16H23NO/c1-4-12(2)11-15(17-3)16-14-8-6-5-7-13(14)9-10-18-16/h5-8,15-17H,2,4,9-11H2,1,3H3. The van der Waals surface area contributed by atoms with Gasteiger partial charge in [-0.3, -0.25) is 0 Å². The molecule has 18 heavy (non-hydrogen) atoms. The van der Waals surface area contributed by atoms with Crippen molar-refractivity contribution in [3.05, 3.63) is 47.5 Å². The predicted octanol–water partition coefficient (Wildman–Crippen LogP) is 3.24. The van der Waals surface area contributed by atoms with Gasteiger partial charge in [-0.15, -0.1) is 0 Å². The summed E-state index contributed by atoms with van der Waals surface area (Å²) >= 11 is 0. The molecule has 1 N–H and O–H groups in total. The van der Waals surface area contributed by atoms with Crippen molar-refractivity contribution in [2.24, 2.45) is 0 Å². The van der Waals surface area contributed by atoms with Crippen molar-refractivity contribution in [1.82, 2.24) is 5.32 Å². The number of fused-ring (bicyclic) bond motifs is 1. The maximum atomic E-state index is 6.00. The van der Waals surface area contributed by atoms with E-state index in [2.05, 4.69) is 43.1 Å². The topological polar surface area (TPSA) is 21.3 Å². The molecule has 0 fully saturated rings. The summed E-state index contributed by atoms with van der Waals surface area (Å²) in [6.07, 6.45) is 3.19. The van der Waals surface area contributed by atoms with Crippen molar-refractivity contribution in [1.29, 1.82) is 0 Å². The summed E-state index contributed by atoms with van der Waals surface area (Å²) in [6, 6.07) is 8.94.